The van der Waals surface area contributed by atoms with Crippen LogP contribution in [-0.2, 0) is 12.2 Å². The van der Waals surface area contributed by atoms with Gasteiger partial charge in [0, 0.05) is 28.6 Å². The van der Waals surface area contributed by atoms with Crippen molar-refractivity contribution in [1.29, 1.82) is 0 Å². The van der Waals surface area contributed by atoms with Gasteiger partial charge in [-0.1, -0.05) is 6.07 Å². The maximum absolute atomic E-state index is 5.37. The molecule has 0 fully saturated rings. The minimum Gasteiger partial charge on any atom is -0.493 e. The lowest BCUT2D eigenvalue weighted by Crippen LogP contribution is -1.92. The lowest BCUT2D eigenvalue weighted by molar-refractivity contribution is 0.355. The lowest BCUT2D eigenvalue weighted by Gasteiger charge is -2.08. The fourth-order valence-corrected chi connectivity index (χ4v) is 4.15. The molecule has 0 saturated carbocycles. The zero-order valence-corrected chi connectivity index (χ0v) is 15.9. The summed E-state index contributed by atoms with van der Waals surface area (Å²) >= 11 is 3.54. The van der Waals surface area contributed by atoms with Crippen LogP contribution in [0.3, 0.4) is 0 Å². The predicted octanol–water partition coefficient (Wildman–Crippen LogP) is 4.70. The van der Waals surface area contributed by atoms with Crippen molar-refractivity contribution in [2.24, 2.45) is 0 Å². The first-order valence-electron chi connectivity index (χ1n) is 7.94. The van der Waals surface area contributed by atoms with E-state index >= 15 is 0 Å². The molecular weight excluding hydrogens is 352 g/mol. The first kappa shape index (κ1) is 17.8. The van der Waals surface area contributed by atoms with Gasteiger partial charge in [0.05, 0.1) is 19.9 Å². The van der Waals surface area contributed by atoms with Gasteiger partial charge in [-0.25, -0.2) is 4.98 Å². The van der Waals surface area contributed by atoms with Crippen molar-refractivity contribution in [2.45, 2.75) is 12.2 Å². The van der Waals surface area contributed by atoms with Gasteiger partial charge >= 0.3 is 0 Å². The molecule has 0 aliphatic rings. The van der Waals surface area contributed by atoms with Crippen molar-refractivity contribution in [3.63, 3.8) is 0 Å². The van der Waals surface area contributed by atoms with E-state index in [9.17, 15) is 0 Å². The molecule has 0 aliphatic heterocycles. The summed E-state index contributed by atoms with van der Waals surface area (Å²) in [4.78, 5) is 9.09. The first-order chi connectivity index (χ1) is 12.3. The lowest BCUT2D eigenvalue weighted by atomic mass is 10.2. The molecule has 0 radical (unpaired) electrons. The van der Waals surface area contributed by atoms with E-state index in [0.29, 0.717) is 0 Å². The number of hydrogen-bond acceptors (Lipinski definition) is 6. The maximum atomic E-state index is 5.37. The van der Waals surface area contributed by atoms with E-state index in [4.69, 9.17) is 14.5 Å². The van der Waals surface area contributed by atoms with E-state index in [2.05, 4.69) is 16.4 Å². The summed E-state index contributed by atoms with van der Waals surface area (Å²) < 4.78 is 10.7. The summed E-state index contributed by atoms with van der Waals surface area (Å²) in [7, 11) is 3.29. The van der Waals surface area contributed by atoms with E-state index in [-0.39, 0.29) is 0 Å². The Bertz CT molecular complexity index is 806. The zero-order valence-electron chi connectivity index (χ0n) is 14.3. The molecule has 2 aromatic heterocycles. The first-order valence-corrected chi connectivity index (χ1v) is 9.98. The zero-order chi connectivity index (χ0) is 17.5. The molecule has 0 N–H and O–H groups in total. The second-order valence-electron chi connectivity index (χ2n) is 5.34. The predicted molar refractivity (Wildman–Crippen MR) is 105 cm³/mol. The molecule has 0 unspecified atom stereocenters. The Morgan fingerprint density at radius 3 is 2.68 bits per heavy atom. The Morgan fingerprint density at radius 1 is 1.04 bits per heavy atom. The number of thioether (sulfide) groups is 1. The highest BCUT2D eigenvalue weighted by Gasteiger charge is 2.09. The molecule has 130 valence electrons. The number of hydrogen-bond donors (Lipinski definition) is 0. The van der Waals surface area contributed by atoms with Gasteiger partial charge in [0.1, 0.15) is 5.01 Å². The van der Waals surface area contributed by atoms with Gasteiger partial charge in [-0.2, -0.15) is 11.8 Å². The van der Waals surface area contributed by atoms with Crippen LogP contribution in [0.4, 0.5) is 0 Å². The van der Waals surface area contributed by atoms with Crippen molar-refractivity contribution in [3.8, 4) is 22.1 Å². The molecule has 25 heavy (non-hydrogen) atoms. The van der Waals surface area contributed by atoms with Gasteiger partial charge in [0.15, 0.2) is 11.5 Å². The standard InChI is InChI=1S/C19H20N2O2S2/c1-22-17-7-6-14(11-18(17)23-2)19-21-16(13-25-19)12-24-10-8-15-5-3-4-9-20-15/h3-7,9,11,13H,8,10,12H2,1-2H3. The Balaban J connectivity index is 1.57. The van der Waals surface area contributed by atoms with Crippen molar-refractivity contribution in [3.05, 3.63) is 59.4 Å². The van der Waals surface area contributed by atoms with Crippen LogP contribution in [-0.4, -0.2) is 29.9 Å². The van der Waals surface area contributed by atoms with Gasteiger partial charge < -0.3 is 9.47 Å². The molecule has 3 aromatic rings. The highest BCUT2D eigenvalue weighted by molar-refractivity contribution is 7.98. The molecule has 0 amide bonds. The van der Waals surface area contributed by atoms with Crippen molar-refractivity contribution >= 4 is 23.1 Å². The monoisotopic (exact) mass is 372 g/mol. The van der Waals surface area contributed by atoms with Crippen molar-refractivity contribution < 1.29 is 9.47 Å². The largest absolute Gasteiger partial charge is 0.493 e. The third-order valence-electron chi connectivity index (χ3n) is 3.66. The van der Waals surface area contributed by atoms with E-state index < -0.39 is 0 Å². The van der Waals surface area contributed by atoms with Crippen LogP contribution in [0, 0.1) is 0 Å². The molecule has 0 aliphatic carbocycles. The second kappa shape index (κ2) is 8.87. The topological polar surface area (TPSA) is 44.2 Å². The molecule has 3 rings (SSSR count). The number of aromatic nitrogens is 2. The van der Waals surface area contributed by atoms with Crippen molar-refractivity contribution in [1.82, 2.24) is 9.97 Å². The van der Waals surface area contributed by atoms with Crippen LogP contribution >= 0.6 is 23.1 Å². The van der Waals surface area contributed by atoms with Gasteiger partial charge in [0.2, 0.25) is 0 Å². The van der Waals surface area contributed by atoms with Crippen LogP contribution in [0.1, 0.15) is 11.4 Å². The summed E-state index contributed by atoms with van der Waals surface area (Å²) in [5.41, 5.74) is 3.30. The summed E-state index contributed by atoms with van der Waals surface area (Å²) in [5, 5.41) is 3.13. The van der Waals surface area contributed by atoms with Crippen LogP contribution in [0.25, 0.3) is 10.6 Å². The number of benzene rings is 1. The Hall–Kier alpha value is -2.05. The third kappa shape index (κ3) is 4.74. The molecule has 0 spiro atoms. The van der Waals surface area contributed by atoms with E-state index in [0.717, 1.165) is 51.4 Å². The fraction of sp³-hybridized carbons (Fsp3) is 0.263. The number of methoxy groups -OCH3 is 2. The Morgan fingerprint density at radius 2 is 1.92 bits per heavy atom. The summed E-state index contributed by atoms with van der Waals surface area (Å²) in [6.45, 7) is 0. The molecule has 2 heterocycles. The average molecular weight is 373 g/mol. The molecule has 0 saturated heterocycles. The third-order valence-corrected chi connectivity index (χ3v) is 5.59. The van der Waals surface area contributed by atoms with Gasteiger partial charge in [-0.05, 0) is 42.5 Å². The van der Waals surface area contributed by atoms with E-state index in [1.165, 1.54) is 0 Å². The number of aryl methyl sites for hydroxylation is 1. The summed E-state index contributed by atoms with van der Waals surface area (Å²) in [5.74, 6) is 3.41. The number of rotatable bonds is 8. The SMILES string of the molecule is COc1ccc(-c2nc(CSCCc3ccccn3)cs2)cc1OC. The molecular formula is C19H20N2O2S2. The number of nitrogens with zero attached hydrogens (tertiary/aromatic N) is 2. The summed E-state index contributed by atoms with van der Waals surface area (Å²) in [6.07, 6.45) is 2.83. The fourth-order valence-electron chi connectivity index (χ4n) is 2.37. The van der Waals surface area contributed by atoms with Gasteiger partial charge in [-0.3, -0.25) is 4.98 Å². The highest BCUT2D eigenvalue weighted by Crippen LogP contribution is 2.33. The van der Waals surface area contributed by atoms with E-state index in [1.807, 2.05) is 48.3 Å². The molecule has 6 heteroatoms. The van der Waals surface area contributed by atoms with Gasteiger partial charge in [-0.15, -0.1) is 11.3 Å². The minimum atomic E-state index is 0.724. The van der Waals surface area contributed by atoms with Crippen LogP contribution < -0.4 is 9.47 Å². The summed E-state index contributed by atoms with van der Waals surface area (Å²) in [6, 6.07) is 11.9. The van der Waals surface area contributed by atoms with Gasteiger partial charge in [0.25, 0.3) is 0 Å². The average Bonchev–Trinajstić information content (AvgIpc) is 3.14. The van der Waals surface area contributed by atoms with E-state index in [1.54, 1.807) is 25.6 Å². The molecule has 1 aromatic carbocycles. The van der Waals surface area contributed by atoms with Crippen LogP contribution in [0.2, 0.25) is 0 Å². The number of pyridine rings is 1. The highest BCUT2D eigenvalue weighted by atomic mass is 32.2. The Kier molecular flexibility index (Phi) is 6.30. The smallest absolute Gasteiger partial charge is 0.161 e. The second-order valence-corrected chi connectivity index (χ2v) is 7.30. The molecule has 0 bridgehead atoms. The normalized spacial score (nSPS) is 10.6. The van der Waals surface area contributed by atoms with Crippen LogP contribution in [0.15, 0.2) is 48.0 Å². The van der Waals surface area contributed by atoms with Crippen molar-refractivity contribution in [2.75, 3.05) is 20.0 Å². The quantitative estimate of drug-likeness (QED) is 0.536. The molecule has 0 atom stereocenters. The maximum Gasteiger partial charge on any atom is 0.161 e. The number of ether oxygens (including phenoxy) is 2. The Labute approximate surface area is 156 Å². The number of thiazole rings is 1. The molecule has 4 nitrogen and oxygen atoms in total. The minimum absolute atomic E-state index is 0.724. The van der Waals surface area contributed by atoms with Crippen LogP contribution in [0.5, 0.6) is 11.5 Å².